The zero-order chi connectivity index (χ0) is 26.4. The Hall–Kier alpha value is -4.58. The number of carbonyl (C=O) groups excluding carboxylic acids is 2. The number of nitrogens with zero attached hydrogens (tertiary/aromatic N) is 1. The first-order valence-electron chi connectivity index (χ1n) is 12.9. The van der Waals surface area contributed by atoms with Gasteiger partial charge in [-0.2, -0.15) is 0 Å². The van der Waals surface area contributed by atoms with E-state index in [1.165, 1.54) is 0 Å². The minimum Gasteiger partial charge on any atom is -0.456 e. The maximum atomic E-state index is 13.2. The molecule has 2 aliphatic rings. The van der Waals surface area contributed by atoms with Crippen LogP contribution in [0.2, 0.25) is 0 Å². The molecule has 38 heavy (non-hydrogen) atoms. The molecule has 190 valence electrons. The van der Waals surface area contributed by atoms with Gasteiger partial charge in [0.1, 0.15) is 11.5 Å². The van der Waals surface area contributed by atoms with Gasteiger partial charge in [0.05, 0.1) is 5.56 Å². The van der Waals surface area contributed by atoms with Gasteiger partial charge in [-0.3, -0.25) is 4.79 Å². The van der Waals surface area contributed by atoms with Crippen LogP contribution in [-0.2, 0) is 10.3 Å². The third-order valence-corrected chi connectivity index (χ3v) is 7.40. The lowest BCUT2D eigenvalue weighted by Crippen LogP contribution is -2.33. The molecule has 6 nitrogen and oxygen atoms in total. The molecule has 1 spiro atoms. The predicted octanol–water partition coefficient (Wildman–Crippen LogP) is 7.05. The van der Waals surface area contributed by atoms with E-state index in [1.54, 1.807) is 19.1 Å². The predicted molar refractivity (Wildman–Crippen MR) is 148 cm³/mol. The molecule has 1 atom stereocenters. The van der Waals surface area contributed by atoms with Gasteiger partial charge in [-0.05, 0) is 81.4 Å². The van der Waals surface area contributed by atoms with Crippen molar-refractivity contribution in [2.24, 2.45) is 0 Å². The number of Topliss-reactive ketones (excluding diaryl/α,β-unsaturated/α-hetero) is 1. The van der Waals surface area contributed by atoms with Crippen molar-refractivity contribution in [2.45, 2.75) is 26.4 Å². The van der Waals surface area contributed by atoms with Gasteiger partial charge in [-0.1, -0.05) is 18.2 Å². The fourth-order valence-corrected chi connectivity index (χ4v) is 5.48. The lowest BCUT2D eigenvalue weighted by Gasteiger charge is -2.37. The van der Waals surface area contributed by atoms with Crippen molar-refractivity contribution >= 4 is 28.8 Å². The number of anilines is 3. The van der Waals surface area contributed by atoms with Crippen LogP contribution in [0.1, 0.15) is 58.2 Å². The number of ether oxygens (including phenoxy) is 2. The van der Waals surface area contributed by atoms with Crippen LogP contribution in [0.3, 0.4) is 0 Å². The Kier molecular flexibility index (Phi) is 5.68. The van der Waals surface area contributed by atoms with Gasteiger partial charge in [0.2, 0.25) is 0 Å². The molecule has 2 aliphatic heterocycles. The summed E-state index contributed by atoms with van der Waals surface area (Å²) >= 11 is 0. The van der Waals surface area contributed by atoms with E-state index in [0.717, 1.165) is 46.8 Å². The molecule has 1 N–H and O–H groups in total. The molecule has 0 radical (unpaired) electrons. The van der Waals surface area contributed by atoms with Gasteiger partial charge >= 0.3 is 5.97 Å². The van der Waals surface area contributed by atoms with E-state index < -0.39 is 5.60 Å². The molecular formula is C32H28N2O4. The van der Waals surface area contributed by atoms with Gasteiger partial charge < -0.3 is 19.7 Å². The molecule has 4 aromatic rings. The normalized spacial score (nSPS) is 16.7. The first-order chi connectivity index (χ1) is 18.4. The third kappa shape index (κ3) is 3.64. The maximum absolute atomic E-state index is 13.2. The highest BCUT2D eigenvalue weighted by Crippen LogP contribution is 2.57. The quantitative estimate of drug-likeness (QED) is 0.224. The van der Waals surface area contributed by atoms with E-state index in [4.69, 9.17) is 9.47 Å². The Morgan fingerprint density at radius 2 is 1.55 bits per heavy atom. The number of nitrogens with one attached hydrogen (secondary N) is 1. The summed E-state index contributed by atoms with van der Waals surface area (Å²) in [5.41, 5.74) is 5.13. The summed E-state index contributed by atoms with van der Waals surface area (Å²) < 4.78 is 12.8. The first-order valence-corrected chi connectivity index (χ1v) is 12.9. The second-order valence-corrected chi connectivity index (χ2v) is 9.54. The van der Waals surface area contributed by atoms with E-state index in [2.05, 4.69) is 30.1 Å². The summed E-state index contributed by atoms with van der Waals surface area (Å²) in [6.07, 6.45) is 0. The Morgan fingerprint density at radius 3 is 2.29 bits per heavy atom. The average molecular weight is 505 g/mol. The molecule has 0 saturated carbocycles. The smallest absolute Gasteiger partial charge is 0.340 e. The van der Waals surface area contributed by atoms with Crippen molar-refractivity contribution in [3.8, 4) is 11.5 Å². The zero-order valence-electron chi connectivity index (χ0n) is 21.6. The Balaban J connectivity index is 1.50. The summed E-state index contributed by atoms with van der Waals surface area (Å²) in [4.78, 5) is 27.1. The summed E-state index contributed by atoms with van der Waals surface area (Å²) in [6.45, 7) is 7.54. The second kappa shape index (κ2) is 9.06. The number of ketones is 1. The fourth-order valence-electron chi connectivity index (χ4n) is 5.48. The summed E-state index contributed by atoms with van der Waals surface area (Å²) in [5, 5.41) is 3.41. The molecule has 4 aromatic carbocycles. The highest BCUT2D eigenvalue weighted by Gasteiger charge is 2.53. The monoisotopic (exact) mass is 504 g/mol. The molecule has 1 unspecified atom stereocenters. The summed E-state index contributed by atoms with van der Waals surface area (Å²) in [6, 6.07) is 26.8. The van der Waals surface area contributed by atoms with Crippen molar-refractivity contribution < 1.29 is 19.1 Å². The van der Waals surface area contributed by atoms with Crippen molar-refractivity contribution in [1.82, 2.24) is 0 Å². The minimum atomic E-state index is -1.13. The fraction of sp³-hybridized carbons (Fsp3) is 0.188. The topological polar surface area (TPSA) is 67.9 Å². The first kappa shape index (κ1) is 23.8. The van der Waals surface area contributed by atoms with Gasteiger partial charge in [0.15, 0.2) is 11.4 Å². The summed E-state index contributed by atoms with van der Waals surface area (Å²) in [7, 11) is 0. The minimum absolute atomic E-state index is 0.0222. The Bertz CT molecular complexity index is 1570. The van der Waals surface area contributed by atoms with Crippen LogP contribution in [0.25, 0.3) is 0 Å². The van der Waals surface area contributed by atoms with Crippen LogP contribution in [0.15, 0.2) is 84.9 Å². The lowest BCUT2D eigenvalue weighted by molar-refractivity contribution is 0.0224. The number of fused-ring (bicyclic) bond motifs is 6. The number of benzene rings is 4. The van der Waals surface area contributed by atoms with Crippen molar-refractivity contribution in [2.75, 3.05) is 23.3 Å². The third-order valence-electron chi connectivity index (χ3n) is 7.40. The Labute approximate surface area is 221 Å². The van der Waals surface area contributed by atoms with E-state index in [-0.39, 0.29) is 11.8 Å². The van der Waals surface area contributed by atoms with Crippen LogP contribution in [0, 0.1) is 0 Å². The molecule has 0 aliphatic carbocycles. The number of esters is 1. The number of hydrogen-bond acceptors (Lipinski definition) is 6. The van der Waals surface area contributed by atoms with Crippen LogP contribution in [0.5, 0.6) is 11.5 Å². The molecule has 0 amide bonds. The average Bonchev–Trinajstić information content (AvgIpc) is 3.23. The maximum Gasteiger partial charge on any atom is 0.340 e. The van der Waals surface area contributed by atoms with E-state index in [0.29, 0.717) is 22.6 Å². The largest absolute Gasteiger partial charge is 0.456 e. The lowest BCUT2D eigenvalue weighted by atomic mass is 9.77. The number of rotatable bonds is 6. The molecule has 0 bridgehead atoms. The van der Waals surface area contributed by atoms with E-state index >= 15 is 0 Å². The standard InChI is InChI=1S/C32H28N2O4/c1-4-34(5-2)24-15-16-27-30(19-24)37-29-17-14-23(33-22-12-10-21(11-13-22)20(3)35)18-28(29)32(27)26-9-7-6-8-25(26)31(36)38-32/h6-19,33H,4-5H2,1-3H3. The van der Waals surface area contributed by atoms with Crippen LogP contribution in [-0.4, -0.2) is 24.8 Å². The molecule has 0 fully saturated rings. The van der Waals surface area contributed by atoms with Crippen LogP contribution >= 0.6 is 0 Å². The van der Waals surface area contributed by atoms with E-state index in [9.17, 15) is 9.59 Å². The van der Waals surface area contributed by atoms with E-state index in [1.807, 2.05) is 66.7 Å². The van der Waals surface area contributed by atoms with Crippen molar-refractivity contribution in [3.63, 3.8) is 0 Å². The number of carbonyl (C=O) groups is 2. The van der Waals surface area contributed by atoms with Gasteiger partial charge in [-0.25, -0.2) is 4.79 Å². The number of hydrogen-bond donors (Lipinski definition) is 1. The molecular weight excluding hydrogens is 476 g/mol. The molecule has 0 aromatic heterocycles. The SMILES string of the molecule is CCN(CC)c1ccc2c(c1)Oc1ccc(Nc3ccc(C(C)=O)cc3)cc1C21OC(=O)c2ccccc21. The molecule has 0 saturated heterocycles. The zero-order valence-corrected chi connectivity index (χ0v) is 21.6. The Morgan fingerprint density at radius 1 is 0.816 bits per heavy atom. The van der Waals surface area contributed by atoms with Gasteiger partial charge in [0.25, 0.3) is 0 Å². The molecule has 2 heterocycles. The van der Waals surface area contributed by atoms with Gasteiger partial charge in [0, 0.05) is 58.5 Å². The molecule has 6 rings (SSSR count). The highest BCUT2D eigenvalue weighted by atomic mass is 16.6. The van der Waals surface area contributed by atoms with Crippen LogP contribution < -0.4 is 15.0 Å². The summed E-state index contributed by atoms with van der Waals surface area (Å²) in [5.74, 6) is 0.975. The van der Waals surface area contributed by atoms with Crippen molar-refractivity contribution in [3.05, 3.63) is 113 Å². The highest BCUT2D eigenvalue weighted by molar-refractivity contribution is 5.97. The second-order valence-electron chi connectivity index (χ2n) is 9.54. The van der Waals surface area contributed by atoms with Crippen molar-refractivity contribution in [1.29, 1.82) is 0 Å². The van der Waals surface area contributed by atoms with Crippen LogP contribution in [0.4, 0.5) is 17.1 Å². The van der Waals surface area contributed by atoms with Gasteiger partial charge in [-0.15, -0.1) is 0 Å². The molecule has 6 heteroatoms.